The second-order valence-electron chi connectivity index (χ2n) is 3.66. The first-order valence-corrected chi connectivity index (χ1v) is 6.10. The van der Waals surface area contributed by atoms with Crippen molar-refractivity contribution in [2.24, 2.45) is 5.10 Å². The Labute approximate surface area is 113 Å². The van der Waals surface area contributed by atoms with Crippen LogP contribution in [0.2, 0.25) is 0 Å². The number of furan rings is 1. The summed E-state index contributed by atoms with van der Waals surface area (Å²) >= 11 is 3.30. The van der Waals surface area contributed by atoms with Crippen molar-refractivity contribution in [3.8, 4) is 0 Å². The highest BCUT2D eigenvalue weighted by Gasteiger charge is 2.03. The number of aryl methyl sites for hydroxylation is 1. The van der Waals surface area contributed by atoms with Crippen LogP contribution in [0.15, 0.2) is 50.4 Å². The second kappa shape index (κ2) is 5.64. The van der Waals surface area contributed by atoms with E-state index in [0.29, 0.717) is 11.3 Å². The minimum Gasteiger partial charge on any atom is -0.460 e. The molecule has 0 radical (unpaired) electrons. The number of rotatable bonds is 3. The molecule has 1 amide bonds. The van der Waals surface area contributed by atoms with Crippen LogP contribution in [0.1, 0.15) is 21.9 Å². The summed E-state index contributed by atoms with van der Waals surface area (Å²) in [6, 6.07) is 10.7. The van der Waals surface area contributed by atoms with E-state index < -0.39 is 0 Å². The lowest BCUT2D eigenvalue weighted by Crippen LogP contribution is -2.17. The Morgan fingerprint density at radius 2 is 2.22 bits per heavy atom. The van der Waals surface area contributed by atoms with E-state index in [4.69, 9.17) is 4.42 Å². The van der Waals surface area contributed by atoms with Crippen LogP contribution in [0, 0.1) is 6.92 Å². The Balaban J connectivity index is 1.98. The van der Waals surface area contributed by atoms with Crippen LogP contribution in [0.5, 0.6) is 0 Å². The number of carbonyl (C=O) groups excluding carboxylic acids is 1. The van der Waals surface area contributed by atoms with Gasteiger partial charge in [-0.3, -0.25) is 4.79 Å². The van der Waals surface area contributed by atoms with Gasteiger partial charge in [-0.1, -0.05) is 22.0 Å². The van der Waals surface area contributed by atoms with Gasteiger partial charge in [0.2, 0.25) is 0 Å². The first-order valence-electron chi connectivity index (χ1n) is 5.30. The van der Waals surface area contributed by atoms with Gasteiger partial charge < -0.3 is 4.42 Å². The molecule has 1 heterocycles. The van der Waals surface area contributed by atoms with Gasteiger partial charge in [0.25, 0.3) is 5.91 Å². The minimum absolute atomic E-state index is 0.268. The standard InChI is InChI=1S/C13H11BrN2O2/c1-9-5-6-12(18-9)8-15-16-13(17)10-3-2-4-11(14)7-10/h2-8H,1H3,(H,16,17). The van der Waals surface area contributed by atoms with E-state index in [1.807, 2.05) is 19.1 Å². The maximum Gasteiger partial charge on any atom is 0.271 e. The SMILES string of the molecule is Cc1ccc(C=NNC(=O)c2cccc(Br)c2)o1. The molecule has 92 valence electrons. The van der Waals surface area contributed by atoms with E-state index in [2.05, 4.69) is 26.5 Å². The molecule has 0 bridgehead atoms. The molecular formula is C13H11BrN2O2. The minimum atomic E-state index is -0.268. The number of hydrazone groups is 1. The Bertz CT molecular complexity index is 590. The molecule has 1 N–H and O–H groups in total. The highest BCUT2D eigenvalue weighted by atomic mass is 79.9. The fourth-order valence-corrected chi connectivity index (χ4v) is 1.77. The number of nitrogens with one attached hydrogen (secondary N) is 1. The van der Waals surface area contributed by atoms with Gasteiger partial charge >= 0.3 is 0 Å². The predicted octanol–water partition coefficient (Wildman–Crippen LogP) is 3.11. The summed E-state index contributed by atoms with van der Waals surface area (Å²) in [7, 11) is 0. The molecule has 0 spiro atoms. The number of carbonyl (C=O) groups is 1. The largest absolute Gasteiger partial charge is 0.460 e. The Hall–Kier alpha value is -1.88. The fraction of sp³-hybridized carbons (Fsp3) is 0.0769. The van der Waals surface area contributed by atoms with E-state index in [0.717, 1.165) is 10.2 Å². The predicted molar refractivity (Wildman–Crippen MR) is 72.6 cm³/mol. The van der Waals surface area contributed by atoms with Gasteiger partial charge in [-0.2, -0.15) is 5.10 Å². The van der Waals surface area contributed by atoms with Crippen LogP contribution < -0.4 is 5.43 Å². The molecule has 0 atom stereocenters. The average molecular weight is 307 g/mol. The van der Waals surface area contributed by atoms with Crippen molar-refractivity contribution in [2.45, 2.75) is 6.92 Å². The molecule has 0 aliphatic rings. The van der Waals surface area contributed by atoms with Gasteiger partial charge in [0.05, 0.1) is 6.21 Å². The normalized spacial score (nSPS) is 10.8. The molecule has 2 aromatic rings. The van der Waals surface area contributed by atoms with Crippen LogP contribution in [-0.2, 0) is 0 Å². The molecule has 0 fully saturated rings. The van der Waals surface area contributed by atoms with Crippen molar-refractivity contribution in [1.82, 2.24) is 5.43 Å². The number of nitrogens with zero attached hydrogens (tertiary/aromatic N) is 1. The first-order chi connectivity index (χ1) is 8.65. The Morgan fingerprint density at radius 3 is 2.89 bits per heavy atom. The zero-order chi connectivity index (χ0) is 13.0. The summed E-state index contributed by atoms with van der Waals surface area (Å²) < 4.78 is 6.13. The zero-order valence-corrected chi connectivity index (χ0v) is 11.3. The van der Waals surface area contributed by atoms with Crippen molar-refractivity contribution in [2.75, 3.05) is 0 Å². The molecule has 1 aromatic heterocycles. The summed E-state index contributed by atoms with van der Waals surface area (Å²) in [6.07, 6.45) is 1.46. The quantitative estimate of drug-likeness (QED) is 0.699. The lowest BCUT2D eigenvalue weighted by molar-refractivity contribution is 0.0955. The first kappa shape index (κ1) is 12.6. The van der Waals surface area contributed by atoms with Crippen LogP contribution in [0.4, 0.5) is 0 Å². The molecule has 0 saturated heterocycles. The smallest absolute Gasteiger partial charge is 0.271 e. The third-order valence-corrected chi connectivity index (χ3v) is 2.70. The number of hydrogen-bond acceptors (Lipinski definition) is 3. The fourth-order valence-electron chi connectivity index (χ4n) is 1.37. The van der Waals surface area contributed by atoms with Crippen LogP contribution >= 0.6 is 15.9 Å². The molecule has 5 heteroatoms. The second-order valence-corrected chi connectivity index (χ2v) is 4.57. The molecule has 0 aliphatic carbocycles. The van der Waals surface area contributed by atoms with Gasteiger partial charge in [0, 0.05) is 10.0 Å². The number of amides is 1. The molecule has 2 rings (SSSR count). The van der Waals surface area contributed by atoms with Crippen molar-refractivity contribution < 1.29 is 9.21 Å². The molecule has 1 aromatic carbocycles. The highest BCUT2D eigenvalue weighted by molar-refractivity contribution is 9.10. The molecule has 0 unspecified atom stereocenters. The average Bonchev–Trinajstić information content (AvgIpc) is 2.75. The van der Waals surface area contributed by atoms with Gasteiger partial charge in [-0.05, 0) is 37.3 Å². The summed E-state index contributed by atoms with van der Waals surface area (Å²) in [5, 5.41) is 3.83. The number of hydrogen-bond donors (Lipinski definition) is 1. The molecule has 4 nitrogen and oxygen atoms in total. The summed E-state index contributed by atoms with van der Waals surface area (Å²) in [5.74, 6) is 1.13. The van der Waals surface area contributed by atoms with E-state index in [1.165, 1.54) is 6.21 Å². The van der Waals surface area contributed by atoms with E-state index >= 15 is 0 Å². The lowest BCUT2D eigenvalue weighted by atomic mass is 10.2. The van der Waals surface area contributed by atoms with Crippen molar-refractivity contribution in [3.05, 3.63) is 58.0 Å². The van der Waals surface area contributed by atoms with Gasteiger partial charge in [0.15, 0.2) is 0 Å². The van der Waals surface area contributed by atoms with Crippen molar-refractivity contribution >= 4 is 28.1 Å². The number of benzene rings is 1. The van der Waals surface area contributed by atoms with Gasteiger partial charge in [0.1, 0.15) is 11.5 Å². The maximum absolute atomic E-state index is 11.7. The van der Waals surface area contributed by atoms with Gasteiger partial charge in [-0.15, -0.1) is 0 Å². The Kier molecular flexibility index (Phi) is 3.94. The third kappa shape index (κ3) is 3.30. The maximum atomic E-state index is 11.7. The number of halogens is 1. The van der Waals surface area contributed by atoms with Crippen LogP contribution in [0.3, 0.4) is 0 Å². The zero-order valence-electron chi connectivity index (χ0n) is 9.68. The van der Waals surface area contributed by atoms with Crippen molar-refractivity contribution in [3.63, 3.8) is 0 Å². The van der Waals surface area contributed by atoms with E-state index in [-0.39, 0.29) is 5.91 Å². The topological polar surface area (TPSA) is 54.6 Å². The Morgan fingerprint density at radius 1 is 1.39 bits per heavy atom. The summed E-state index contributed by atoms with van der Waals surface area (Å²) in [6.45, 7) is 1.84. The highest BCUT2D eigenvalue weighted by Crippen LogP contribution is 2.11. The molecule has 18 heavy (non-hydrogen) atoms. The summed E-state index contributed by atoms with van der Waals surface area (Å²) in [5.41, 5.74) is 2.97. The summed E-state index contributed by atoms with van der Waals surface area (Å²) in [4.78, 5) is 11.7. The monoisotopic (exact) mass is 306 g/mol. The van der Waals surface area contributed by atoms with Gasteiger partial charge in [-0.25, -0.2) is 5.43 Å². The van der Waals surface area contributed by atoms with Crippen LogP contribution in [-0.4, -0.2) is 12.1 Å². The van der Waals surface area contributed by atoms with E-state index in [9.17, 15) is 4.79 Å². The third-order valence-electron chi connectivity index (χ3n) is 2.21. The molecular weight excluding hydrogens is 296 g/mol. The molecule has 0 saturated carbocycles. The van der Waals surface area contributed by atoms with E-state index in [1.54, 1.807) is 24.3 Å². The lowest BCUT2D eigenvalue weighted by Gasteiger charge is -1.99. The molecule has 0 aliphatic heterocycles. The van der Waals surface area contributed by atoms with Crippen molar-refractivity contribution in [1.29, 1.82) is 0 Å². The van der Waals surface area contributed by atoms with Crippen LogP contribution in [0.25, 0.3) is 0 Å².